The number of nitro benzene ring substituents is 1. The second-order valence-electron chi connectivity index (χ2n) is 6.73. The number of hydrogen-bond acceptors (Lipinski definition) is 6. The fraction of sp³-hybridized carbons (Fsp3) is 0.0833. The van der Waals surface area contributed by atoms with Gasteiger partial charge in [0.2, 0.25) is 0 Å². The third kappa shape index (κ3) is 6.41. The van der Waals surface area contributed by atoms with Crippen LogP contribution in [0.5, 0.6) is 11.5 Å². The van der Waals surface area contributed by atoms with Crippen molar-refractivity contribution in [1.82, 2.24) is 0 Å². The zero-order valence-corrected chi connectivity index (χ0v) is 18.2. The number of nitrogens with one attached hydrogen (secondary N) is 1. The van der Waals surface area contributed by atoms with Crippen molar-refractivity contribution < 1.29 is 24.0 Å². The summed E-state index contributed by atoms with van der Waals surface area (Å²) in [5.74, 6) is 0.0411. The smallest absolute Gasteiger partial charge is 0.269 e. The third-order valence-corrected chi connectivity index (χ3v) is 4.81. The summed E-state index contributed by atoms with van der Waals surface area (Å²) in [6.45, 7) is -0.255. The quantitative estimate of drug-likeness (QED) is 0.202. The van der Waals surface area contributed by atoms with Gasteiger partial charge in [-0.2, -0.15) is 0 Å². The second kappa shape index (κ2) is 10.9. The molecule has 0 saturated carbocycles. The summed E-state index contributed by atoms with van der Waals surface area (Å²) in [7, 11) is 1.46. The molecule has 3 aromatic rings. The van der Waals surface area contributed by atoms with Crippen LogP contribution in [0.4, 0.5) is 11.4 Å². The Bertz CT molecular complexity index is 1210. The number of nitro groups is 1. The van der Waals surface area contributed by atoms with Gasteiger partial charge in [-0.25, -0.2) is 0 Å². The topological polar surface area (TPSA) is 108 Å². The molecule has 0 aliphatic carbocycles. The maximum absolute atomic E-state index is 12.3. The molecule has 0 radical (unpaired) electrons. The fourth-order valence-corrected chi connectivity index (χ4v) is 3.00. The van der Waals surface area contributed by atoms with Gasteiger partial charge in [-0.1, -0.05) is 35.9 Å². The molecule has 0 bridgehead atoms. The highest BCUT2D eigenvalue weighted by Crippen LogP contribution is 2.29. The van der Waals surface area contributed by atoms with Gasteiger partial charge in [0.15, 0.2) is 23.9 Å². The lowest BCUT2D eigenvalue weighted by molar-refractivity contribution is -0.384. The van der Waals surface area contributed by atoms with Crippen molar-refractivity contribution in [2.45, 2.75) is 0 Å². The number of benzene rings is 3. The summed E-state index contributed by atoms with van der Waals surface area (Å²) in [6, 6.07) is 17.2. The van der Waals surface area contributed by atoms with Crippen LogP contribution >= 0.6 is 11.6 Å². The summed E-state index contributed by atoms with van der Waals surface area (Å²) < 4.78 is 10.9. The highest BCUT2D eigenvalue weighted by molar-refractivity contribution is 6.33. The number of allylic oxidation sites excluding steroid dienone is 1. The molecule has 0 atom stereocenters. The van der Waals surface area contributed by atoms with Gasteiger partial charge in [0.1, 0.15) is 0 Å². The minimum atomic E-state index is -0.527. The number of carbonyl (C=O) groups is 2. The number of amides is 1. The molecule has 168 valence electrons. The fourth-order valence-electron chi connectivity index (χ4n) is 2.81. The van der Waals surface area contributed by atoms with Crippen LogP contribution in [-0.2, 0) is 4.79 Å². The molecule has 9 heteroatoms. The van der Waals surface area contributed by atoms with E-state index >= 15 is 0 Å². The maximum Gasteiger partial charge on any atom is 0.269 e. The molecule has 0 heterocycles. The molecule has 33 heavy (non-hydrogen) atoms. The molecule has 0 aliphatic rings. The van der Waals surface area contributed by atoms with Crippen LogP contribution in [0.15, 0.2) is 72.8 Å². The largest absolute Gasteiger partial charge is 0.493 e. The Kier molecular flexibility index (Phi) is 7.77. The van der Waals surface area contributed by atoms with Crippen molar-refractivity contribution >= 4 is 40.7 Å². The van der Waals surface area contributed by atoms with E-state index in [2.05, 4.69) is 5.32 Å². The maximum atomic E-state index is 12.3. The van der Waals surface area contributed by atoms with Crippen LogP contribution in [0.2, 0.25) is 5.02 Å². The summed E-state index contributed by atoms with van der Waals surface area (Å²) in [5.41, 5.74) is 1.39. The van der Waals surface area contributed by atoms with E-state index < -0.39 is 4.92 Å². The lowest BCUT2D eigenvalue weighted by Crippen LogP contribution is -2.20. The lowest BCUT2D eigenvalue weighted by atomic mass is 10.1. The SMILES string of the molecule is COc1cc(/C=C/C(=O)c2ccc([N+](=O)[O-])cc2)ccc1OCC(=O)Nc1ccccc1Cl. The molecule has 8 nitrogen and oxygen atoms in total. The first-order valence-corrected chi connectivity index (χ1v) is 10.1. The number of anilines is 1. The van der Waals surface area contributed by atoms with Crippen molar-refractivity contribution in [3.8, 4) is 11.5 Å². The molecule has 0 fully saturated rings. The zero-order valence-electron chi connectivity index (χ0n) is 17.5. The first kappa shape index (κ1) is 23.5. The van der Waals surface area contributed by atoms with E-state index in [4.69, 9.17) is 21.1 Å². The number of rotatable bonds is 9. The zero-order chi connectivity index (χ0) is 23.8. The predicted molar refractivity (Wildman–Crippen MR) is 125 cm³/mol. The van der Waals surface area contributed by atoms with E-state index in [0.29, 0.717) is 33.3 Å². The van der Waals surface area contributed by atoms with Crippen molar-refractivity contribution in [3.63, 3.8) is 0 Å². The van der Waals surface area contributed by atoms with Crippen LogP contribution in [0.25, 0.3) is 6.08 Å². The van der Waals surface area contributed by atoms with Gasteiger partial charge >= 0.3 is 0 Å². The number of methoxy groups -OCH3 is 1. The second-order valence-corrected chi connectivity index (χ2v) is 7.14. The highest BCUT2D eigenvalue weighted by Gasteiger charge is 2.11. The molecule has 1 N–H and O–H groups in total. The van der Waals surface area contributed by atoms with Crippen molar-refractivity contribution in [3.05, 3.63) is 99.1 Å². The predicted octanol–water partition coefficient (Wildman–Crippen LogP) is 5.17. The number of para-hydroxylation sites is 1. The average Bonchev–Trinajstić information content (AvgIpc) is 2.82. The Balaban J connectivity index is 1.62. The Hall–Kier alpha value is -4.17. The monoisotopic (exact) mass is 466 g/mol. The minimum Gasteiger partial charge on any atom is -0.493 e. The standard InChI is InChI=1S/C24H19ClN2O6/c1-32-23-14-16(6-12-21(28)17-8-10-18(11-9-17)27(30)31)7-13-22(23)33-15-24(29)26-20-5-3-2-4-19(20)25/h2-14H,15H2,1H3,(H,26,29)/b12-6+. The van der Waals surface area contributed by atoms with E-state index in [9.17, 15) is 19.7 Å². The summed E-state index contributed by atoms with van der Waals surface area (Å²) in [4.78, 5) is 34.6. The molecular weight excluding hydrogens is 448 g/mol. The number of ether oxygens (including phenoxy) is 2. The molecule has 3 rings (SSSR count). The number of ketones is 1. The van der Waals surface area contributed by atoms with Gasteiger partial charge < -0.3 is 14.8 Å². The number of halogens is 1. The summed E-state index contributed by atoms with van der Waals surface area (Å²) >= 11 is 6.03. The summed E-state index contributed by atoms with van der Waals surface area (Å²) in [5, 5.41) is 13.8. The van der Waals surface area contributed by atoms with Gasteiger partial charge in [-0.05, 0) is 48.0 Å². The van der Waals surface area contributed by atoms with Gasteiger partial charge in [0.05, 0.1) is 22.7 Å². The van der Waals surface area contributed by atoms with Crippen molar-refractivity contribution in [2.75, 3.05) is 19.0 Å². The van der Waals surface area contributed by atoms with E-state index in [1.807, 2.05) is 0 Å². The minimum absolute atomic E-state index is 0.0867. The lowest BCUT2D eigenvalue weighted by Gasteiger charge is -2.12. The Morgan fingerprint density at radius 3 is 2.45 bits per heavy atom. The van der Waals surface area contributed by atoms with Gasteiger partial charge in [0.25, 0.3) is 11.6 Å². The highest BCUT2D eigenvalue weighted by atomic mass is 35.5. The summed E-state index contributed by atoms with van der Waals surface area (Å²) in [6.07, 6.45) is 2.94. The van der Waals surface area contributed by atoms with Gasteiger partial charge in [0, 0.05) is 17.7 Å². The van der Waals surface area contributed by atoms with Crippen molar-refractivity contribution in [2.24, 2.45) is 0 Å². The van der Waals surface area contributed by atoms with Crippen LogP contribution in [-0.4, -0.2) is 30.3 Å². The van der Waals surface area contributed by atoms with E-state index in [0.717, 1.165) is 0 Å². The van der Waals surface area contributed by atoms with E-state index in [1.165, 1.54) is 37.5 Å². The first-order chi connectivity index (χ1) is 15.9. The van der Waals surface area contributed by atoms with E-state index in [1.54, 1.807) is 48.5 Å². The first-order valence-electron chi connectivity index (χ1n) is 9.69. The number of nitrogens with zero attached hydrogens (tertiary/aromatic N) is 1. The van der Waals surface area contributed by atoms with Crippen LogP contribution in [0, 0.1) is 10.1 Å². The Morgan fingerprint density at radius 1 is 1.06 bits per heavy atom. The average molecular weight is 467 g/mol. The van der Waals surface area contributed by atoms with Crippen LogP contribution in [0.3, 0.4) is 0 Å². The number of carbonyl (C=O) groups excluding carboxylic acids is 2. The molecule has 0 aromatic heterocycles. The Labute approximate surface area is 194 Å². The third-order valence-electron chi connectivity index (χ3n) is 4.48. The van der Waals surface area contributed by atoms with E-state index in [-0.39, 0.29) is 24.0 Å². The normalized spacial score (nSPS) is 10.6. The molecule has 0 saturated heterocycles. The molecule has 0 aliphatic heterocycles. The molecule has 1 amide bonds. The van der Waals surface area contributed by atoms with Gasteiger partial charge in [-0.15, -0.1) is 0 Å². The Morgan fingerprint density at radius 2 is 1.79 bits per heavy atom. The van der Waals surface area contributed by atoms with Crippen LogP contribution in [0.1, 0.15) is 15.9 Å². The molecule has 3 aromatic carbocycles. The number of hydrogen-bond donors (Lipinski definition) is 1. The molecule has 0 unspecified atom stereocenters. The van der Waals surface area contributed by atoms with Crippen molar-refractivity contribution in [1.29, 1.82) is 0 Å². The van der Waals surface area contributed by atoms with Crippen LogP contribution < -0.4 is 14.8 Å². The number of non-ortho nitro benzene ring substituents is 1. The molecular formula is C24H19ClN2O6. The van der Waals surface area contributed by atoms with Gasteiger partial charge in [-0.3, -0.25) is 19.7 Å². The molecule has 0 spiro atoms.